The zero-order valence-corrected chi connectivity index (χ0v) is 15.9. The lowest BCUT2D eigenvalue weighted by molar-refractivity contribution is 0.136. The first-order chi connectivity index (χ1) is 11.4. The van der Waals surface area contributed by atoms with Crippen LogP contribution in [0, 0.1) is 10.8 Å². The molecule has 1 saturated carbocycles. The van der Waals surface area contributed by atoms with Crippen molar-refractivity contribution in [1.29, 1.82) is 0 Å². The van der Waals surface area contributed by atoms with Gasteiger partial charge in [0.15, 0.2) is 0 Å². The first kappa shape index (κ1) is 15.1. The Labute approximate surface area is 148 Å². The van der Waals surface area contributed by atoms with E-state index in [1.54, 1.807) is 16.8 Å². The van der Waals surface area contributed by atoms with Gasteiger partial charge in [-0.2, -0.15) is 0 Å². The van der Waals surface area contributed by atoms with Crippen LogP contribution in [0.4, 0.5) is 5.82 Å². The normalized spacial score (nSPS) is 31.5. The van der Waals surface area contributed by atoms with Crippen molar-refractivity contribution in [3.63, 3.8) is 0 Å². The summed E-state index contributed by atoms with van der Waals surface area (Å²) in [7, 11) is 0. The van der Waals surface area contributed by atoms with Crippen molar-refractivity contribution in [2.45, 2.75) is 71.8 Å². The monoisotopic (exact) mass is 341 g/mol. The Balaban J connectivity index is 1.64. The van der Waals surface area contributed by atoms with E-state index in [2.05, 4.69) is 30.7 Å². The molecule has 0 N–H and O–H groups in total. The minimum atomic E-state index is 0.444. The second-order valence-corrected chi connectivity index (χ2v) is 10.5. The fraction of sp³-hybridized carbons (Fsp3) is 0.700. The van der Waals surface area contributed by atoms with Crippen LogP contribution in [0.25, 0.3) is 10.2 Å². The Morgan fingerprint density at radius 3 is 2.83 bits per heavy atom. The zero-order valence-electron chi connectivity index (χ0n) is 15.1. The Hall–Kier alpha value is -1.16. The number of nitrogens with zero attached hydrogens (tertiary/aromatic N) is 3. The van der Waals surface area contributed by atoms with Crippen LogP contribution in [0.2, 0.25) is 0 Å². The van der Waals surface area contributed by atoms with Gasteiger partial charge < -0.3 is 4.90 Å². The van der Waals surface area contributed by atoms with E-state index in [9.17, 15) is 0 Å². The summed E-state index contributed by atoms with van der Waals surface area (Å²) in [5.74, 6) is 1.24. The van der Waals surface area contributed by atoms with Crippen LogP contribution < -0.4 is 4.90 Å². The Morgan fingerprint density at radius 1 is 1.12 bits per heavy atom. The molecule has 3 aliphatic rings. The molecule has 1 aliphatic heterocycles. The van der Waals surface area contributed by atoms with Crippen molar-refractivity contribution in [3.05, 3.63) is 16.8 Å². The van der Waals surface area contributed by atoms with Crippen LogP contribution in [0.5, 0.6) is 0 Å². The molecule has 2 aromatic heterocycles. The molecule has 2 atom stereocenters. The van der Waals surface area contributed by atoms with Crippen molar-refractivity contribution < 1.29 is 0 Å². The fourth-order valence-corrected chi connectivity index (χ4v) is 7.22. The first-order valence-electron chi connectivity index (χ1n) is 9.46. The first-order valence-corrected chi connectivity index (χ1v) is 10.3. The molecule has 3 nitrogen and oxygen atoms in total. The van der Waals surface area contributed by atoms with E-state index in [1.807, 2.05) is 11.3 Å². The van der Waals surface area contributed by atoms with Crippen molar-refractivity contribution in [1.82, 2.24) is 9.97 Å². The summed E-state index contributed by atoms with van der Waals surface area (Å²) in [5, 5.41) is 1.39. The topological polar surface area (TPSA) is 29.0 Å². The molecule has 5 rings (SSSR count). The van der Waals surface area contributed by atoms with Crippen LogP contribution in [-0.4, -0.2) is 22.6 Å². The number of aromatic nitrogens is 2. The van der Waals surface area contributed by atoms with Gasteiger partial charge in [0.05, 0.1) is 5.39 Å². The average Bonchev–Trinajstić information content (AvgIpc) is 3.00. The lowest BCUT2D eigenvalue weighted by atomic mass is 9.65. The third kappa shape index (κ3) is 2.22. The third-order valence-corrected chi connectivity index (χ3v) is 7.62. The van der Waals surface area contributed by atoms with Crippen LogP contribution in [0.1, 0.15) is 63.3 Å². The second-order valence-electron chi connectivity index (χ2n) is 9.43. The molecule has 24 heavy (non-hydrogen) atoms. The number of thiophene rings is 1. The molecule has 0 aromatic carbocycles. The summed E-state index contributed by atoms with van der Waals surface area (Å²) >= 11 is 1.92. The van der Waals surface area contributed by atoms with E-state index in [0.29, 0.717) is 16.9 Å². The van der Waals surface area contributed by atoms with Crippen LogP contribution >= 0.6 is 11.3 Å². The summed E-state index contributed by atoms with van der Waals surface area (Å²) in [6.45, 7) is 8.55. The number of aryl methyl sites for hydroxylation is 2. The minimum Gasteiger partial charge on any atom is -0.352 e. The van der Waals surface area contributed by atoms with Gasteiger partial charge in [-0.15, -0.1) is 11.3 Å². The fourth-order valence-electron chi connectivity index (χ4n) is 6.00. The molecule has 128 valence electrons. The van der Waals surface area contributed by atoms with E-state index < -0.39 is 0 Å². The number of rotatable bonds is 1. The molecule has 3 heterocycles. The highest BCUT2D eigenvalue weighted by atomic mass is 32.1. The molecule has 2 bridgehead atoms. The van der Waals surface area contributed by atoms with Crippen molar-refractivity contribution in [2.75, 3.05) is 11.4 Å². The van der Waals surface area contributed by atoms with Crippen molar-refractivity contribution in [2.24, 2.45) is 10.8 Å². The molecule has 0 radical (unpaired) electrons. The van der Waals surface area contributed by atoms with Crippen molar-refractivity contribution >= 4 is 27.4 Å². The zero-order chi connectivity index (χ0) is 16.5. The minimum absolute atomic E-state index is 0.444. The van der Waals surface area contributed by atoms with Gasteiger partial charge in [-0.3, -0.25) is 0 Å². The number of fused-ring (bicyclic) bond motifs is 5. The summed E-state index contributed by atoms with van der Waals surface area (Å²) in [5.41, 5.74) is 2.47. The molecule has 2 aromatic rings. The van der Waals surface area contributed by atoms with Gasteiger partial charge in [-0.05, 0) is 61.3 Å². The highest BCUT2D eigenvalue weighted by molar-refractivity contribution is 7.19. The Kier molecular flexibility index (Phi) is 3.11. The van der Waals surface area contributed by atoms with E-state index in [1.165, 1.54) is 61.0 Å². The molecule has 0 spiro atoms. The average molecular weight is 342 g/mol. The predicted molar refractivity (Wildman–Crippen MR) is 101 cm³/mol. The van der Waals surface area contributed by atoms with Gasteiger partial charge >= 0.3 is 0 Å². The molecular weight excluding hydrogens is 314 g/mol. The van der Waals surface area contributed by atoms with Crippen LogP contribution in [0.3, 0.4) is 0 Å². The van der Waals surface area contributed by atoms with Crippen LogP contribution in [-0.2, 0) is 12.8 Å². The largest absolute Gasteiger partial charge is 0.352 e. The van der Waals surface area contributed by atoms with E-state index >= 15 is 0 Å². The van der Waals surface area contributed by atoms with E-state index in [4.69, 9.17) is 4.98 Å². The summed E-state index contributed by atoms with van der Waals surface area (Å²) < 4.78 is 0. The number of anilines is 1. The standard InChI is InChI=1S/C20H27N3S/c1-19(2)8-13-9-20(3,10-19)11-23(13)17-16-14-6-4-5-7-15(14)24-18(16)22-12-21-17/h12-13H,4-11H2,1-3H3/t13-,20+/m0/s1. The molecule has 4 heteroatoms. The molecule has 0 amide bonds. The lowest BCUT2D eigenvalue weighted by Crippen LogP contribution is -2.35. The van der Waals surface area contributed by atoms with Crippen LogP contribution in [0.15, 0.2) is 6.33 Å². The maximum atomic E-state index is 4.83. The van der Waals surface area contributed by atoms with Gasteiger partial charge in [0.1, 0.15) is 17.0 Å². The van der Waals surface area contributed by atoms with Gasteiger partial charge in [0.2, 0.25) is 0 Å². The third-order valence-electron chi connectivity index (χ3n) is 6.42. The highest BCUT2D eigenvalue weighted by Crippen LogP contribution is 2.54. The Morgan fingerprint density at radius 2 is 1.96 bits per heavy atom. The Bertz CT molecular complexity index is 809. The van der Waals surface area contributed by atoms with Gasteiger partial charge in [0.25, 0.3) is 0 Å². The van der Waals surface area contributed by atoms with E-state index in [0.717, 1.165) is 6.54 Å². The van der Waals surface area contributed by atoms with Gasteiger partial charge in [-0.25, -0.2) is 9.97 Å². The smallest absolute Gasteiger partial charge is 0.141 e. The molecule has 0 unspecified atom stereocenters. The van der Waals surface area contributed by atoms with Gasteiger partial charge in [0, 0.05) is 17.5 Å². The maximum Gasteiger partial charge on any atom is 0.141 e. The number of hydrogen-bond acceptors (Lipinski definition) is 4. The molecular formula is C20H27N3S. The quantitative estimate of drug-likeness (QED) is 0.733. The SMILES string of the molecule is CC1(C)C[C@H]2C[C@@](C)(CN2c2ncnc3sc4c(c23)CCCC4)C1. The summed E-state index contributed by atoms with van der Waals surface area (Å²) in [4.78, 5) is 14.9. The highest BCUT2D eigenvalue weighted by Gasteiger charge is 2.50. The molecule has 1 saturated heterocycles. The van der Waals surface area contributed by atoms with Gasteiger partial charge in [-0.1, -0.05) is 20.8 Å². The predicted octanol–water partition coefficient (Wildman–Crippen LogP) is 4.98. The number of hydrogen-bond donors (Lipinski definition) is 0. The van der Waals surface area contributed by atoms with E-state index in [-0.39, 0.29) is 0 Å². The lowest BCUT2D eigenvalue weighted by Gasteiger charge is -2.39. The summed E-state index contributed by atoms with van der Waals surface area (Å²) in [6, 6.07) is 0.649. The maximum absolute atomic E-state index is 4.83. The summed E-state index contributed by atoms with van der Waals surface area (Å²) in [6.07, 6.45) is 10.9. The molecule has 2 fully saturated rings. The van der Waals surface area contributed by atoms with Crippen molar-refractivity contribution in [3.8, 4) is 0 Å². The molecule has 2 aliphatic carbocycles. The second kappa shape index (κ2) is 4.94.